The minimum Gasteiger partial charge on any atom is -0.478 e. The zero-order chi connectivity index (χ0) is 13.1. The number of hydrogen-bond donors (Lipinski definition) is 2. The van der Waals surface area contributed by atoms with Gasteiger partial charge in [-0.3, -0.25) is 4.98 Å². The van der Waals surface area contributed by atoms with Gasteiger partial charge in [-0.05, 0) is 24.3 Å². The molecule has 0 amide bonds. The molecule has 0 fully saturated rings. The number of anilines is 2. The second-order valence-electron chi connectivity index (χ2n) is 3.48. The molecule has 0 aliphatic heterocycles. The Bertz CT molecular complexity index is 602. The number of carboxylic acids is 1. The molecular formula is C12H8Cl2N2O2. The van der Waals surface area contributed by atoms with Crippen LogP contribution in [0.1, 0.15) is 10.4 Å². The van der Waals surface area contributed by atoms with Crippen LogP contribution in [0.5, 0.6) is 0 Å². The molecule has 0 radical (unpaired) electrons. The highest BCUT2D eigenvalue weighted by Crippen LogP contribution is 2.27. The van der Waals surface area contributed by atoms with Crippen LogP contribution in [0.15, 0.2) is 36.7 Å². The van der Waals surface area contributed by atoms with Crippen molar-refractivity contribution in [2.75, 3.05) is 5.32 Å². The van der Waals surface area contributed by atoms with E-state index in [1.165, 1.54) is 12.4 Å². The maximum Gasteiger partial charge on any atom is 0.339 e. The highest BCUT2D eigenvalue weighted by atomic mass is 35.5. The van der Waals surface area contributed by atoms with Gasteiger partial charge in [0, 0.05) is 18.1 Å². The van der Waals surface area contributed by atoms with E-state index in [4.69, 9.17) is 28.3 Å². The van der Waals surface area contributed by atoms with Gasteiger partial charge in [0.1, 0.15) is 5.56 Å². The second-order valence-corrected chi connectivity index (χ2v) is 4.29. The third-order valence-electron chi connectivity index (χ3n) is 2.25. The van der Waals surface area contributed by atoms with Crippen molar-refractivity contribution >= 4 is 40.5 Å². The van der Waals surface area contributed by atoms with Crippen LogP contribution in [0.25, 0.3) is 0 Å². The van der Waals surface area contributed by atoms with Gasteiger partial charge < -0.3 is 10.4 Å². The molecule has 0 bridgehead atoms. The monoisotopic (exact) mass is 282 g/mol. The molecule has 92 valence electrons. The molecule has 0 unspecified atom stereocenters. The van der Waals surface area contributed by atoms with E-state index in [1.807, 2.05) is 0 Å². The van der Waals surface area contributed by atoms with E-state index < -0.39 is 5.97 Å². The summed E-state index contributed by atoms with van der Waals surface area (Å²) in [4.78, 5) is 14.8. The van der Waals surface area contributed by atoms with Gasteiger partial charge in [-0.2, -0.15) is 0 Å². The fraction of sp³-hybridized carbons (Fsp3) is 0. The number of hydrogen-bond acceptors (Lipinski definition) is 3. The predicted molar refractivity (Wildman–Crippen MR) is 70.9 cm³/mol. The van der Waals surface area contributed by atoms with Crippen LogP contribution in [0.3, 0.4) is 0 Å². The average molecular weight is 283 g/mol. The zero-order valence-corrected chi connectivity index (χ0v) is 10.5. The number of benzene rings is 1. The van der Waals surface area contributed by atoms with Crippen LogP contribution in [-0.4, -0.2) is 16.1 Å². The Morgan fingerprint density at radius 3 is 2.67 bits per heavy atom. The lowest BCUT2D eigenvalue weighted by molar-refractivity contribution is 0.0697. The highest BCUT2D eigenvalue weighted by molar-refractivity contribution is 6.42. The normalized spacial score (nSPS) is 10.1. The molecule has 4 nitrogen and oxygen atoms in total. The fourth-order valence-corrected chi connectivity index (χ4v) is 1.70. The number of nitrogens with one attached hydrogen (secondary N) is 1. The maximum absolute atomic E-state index is 11.0. The number of pyridine rings is 1. The quantitative estimate of drug-likeness (QED) is 0.898. The molecule has 1 heterocycles. The number of nitrogens with zero attached hydrogens (tertiary/aromatic N) is 1. The fourth-order valence-electron chi connectivity index (χ4n) is 1.40. The topological polar surface area (TPSA) is 62.2 Å². The predicted octanol–water partition coefficient (Wildman–Crippen LogP) is 3.83. The summed E-state index contributed by atoms with van der Waals surface area (Å²) in [5, 5.41) is 12.8. The van der Waals surface area contributed by atoms with Crippen LogP contribution < -0.4 is 5.32 Å². The van der Waals surface area contributed by atoms with Gasteiger partial charge in [-0.15, -0.1) is 0 Å². The van der Waals surface area contributed by atoms with E-state index in [9.17, 15) is 4.79 Å². The number of aromatic carboxylic acids is 1. The summed E-state index contributed by atoms with van der Waals surface area (Å²) in [5.41, 5.74) is 1.18. The van der Waals surface area contributed by atoms with Crippen molar-refractivity contribution in [1.82, 2.24) is 4.98 Å². The van der Waals surface area contributed by atoms with E-state index in [0.29, 0.717) is 21.4 Å². The molecule has 0 saturated heterocycles. The number of carboxylic acid groups (broad SMARTS) is 1. The molecule has 2 rings (SSSR count). The lowest BCUT2D eigenvalue weighted by Crippen LogP contribution is -2.03. The summed E-state index contributed by atoms with van der Waals surface area (Å²) in [6, 6.07) is 6.54. The third-order valence-corrected chi connectivity index (χ3v) is 2.99. The van der Waals surface area contributed by atoms with Gasteiger partial charge in [-0.1, -0.05) is 23.2 Å². The first kappa shape index (κ1) is 12.7. The number of aromatic nitrogens is 1. The van der Waals surface area contributed by atoms with Crippen LogP contribution >= 0.6 is 23.2 Å². The molecule has 2 N–H and O–H groups in total. The summed E-state index contributed by atoms with van der Waals surface area (Å²) in [6.45, 7) is 0. The first-order chi connectivity index (χ1) is 8.58. The Labute approximate surface area is 113 Å². The number of carbonyl (C=O) groups is 1. The Hall–Kier alpha value is -1.78. The summed E-state index contributed by atoms with van der Waals surface area (Å²) >= 11 is 11.7. The number of halogens is 2. The molecule has 0 atom stereocenters. The Kier molecular flexibility index (Phi) is 3.69. The first-order valence-electron chi connectivity index (χ1n) is 4.97. The second kappa shape index (κ2) is 5.25. The smallest absolute Gasteiger partial charge is 0.339 e. The molecule has 0 saturated carbocycles. The highest BCUT2D eigenvalue weighted by Gasteiger charge is 2.10. The number of rotatable bonds is 3. The first-order valence-corrected chi connectivity index (χ1v) is 5.73. The summed E-state index contributed by atoms with van der Waals surface area (Å²) in [6.07, 6.45) is 2.79. The molecule has 6 heteroatoms. The molecule has 18 heavy (non-hydrogen) atoms. The van der Waals surface area contributed by atoms with E-state index >= 15 is 0 Å². The largest absolute Gasteiger partial charge is 0.478 e. The Balaban J connectivity index is 2.34. The van der Waals surface area contributed by atoms with Crippen molar-refractivity contribution in [2.24, 2.45) is 0 Å². The molecule has 1 aromatic carbocycles. The van der Waals surface area contributed by atoms with E-state index in [2.05, 4.69) is 10.3 Å². The average Bonchev–Trinajstić information content (AvgIpc) is 2.34. The van der Waals surface area contributed by atoms with Crippen LogP contribution in [0, 0.1) is 0 Å². The van der Waals surface area contributed by atoms with Crippen molar-refractivity contribution in [3.05, 3.63) is 52.3 Å². The van der Waals surface area contributed by atoms with Gasteiger partial charge in [-0.25, -0.2) is 4.79 Å². The van der Waals surface area contributed by atoms with Crippen molar-refractivity contribution in [3.63, 3.8) is 0 Å². The lowest BCUT2D eigenvalue weighted by atomic mass is 10.2. The standard InChI is InChI=1S/C12H8Cl2N2O2/c13-9-2-1-7(5-10(9)14)16-11-3-4-15-6-8(11)12(17)18/h1-6H,(H,15,16)(H,17,18). The summed E-state index contributed by atoms with van der Waals surface area (Å²) < 4.78 is 0. The molecule has 0 aliphatic rings. The summed E-state index contributed by atoms with van der Waals surface area (Å²) in [5.74, 6) is -1.05. The van der Waals surface area contributed by atoms with Crippen LogP contribution in [0.4, 0.5) is 11.4 Å². The Morgan fingerprint density at radius 1 is 1.22 bits per heavy atom. The van der Waals surface area contributed by atoms with Crippen LogP contribution in [0.2, 0.25) is 10.0 Å². The van der Waals surface area contributed by atoms with Crippen molar-refractivity contribution in [2.45, 2.75) is 0 Å². The minimum absolute atomic E-state index is 0.0866. The van der Waals surface area contributed by atoms with Crippen molar-refractivity contribution in [1.29, 1.82) is 0 Å². The van der Waals surface area contributed by atoms with Crippen molar-refractivity contribution < 1.29 is 9.90 Å². The SMILES string of the molecule is O=C(O)c1cnccc1Nc1ccc(Cl)c(Cl)c1. The molecule has 1 aromatic heterocycles. The molecule has 0 spiro atoms. The van der Waals surface area contributed by atoms with E-state index in [0.717, 1.165) is 0 Å². The van der Waals surface area contributed by atoms with Crippen molar-refractivity contribution in [3.8, 4) is 0 Å². The molecule has 2 aromatic rings. The third kappa shape index (κ3) is 2.72. The molecule has 0 aliphatic carbocycles. The van der Waals surface area contributed by atoms with Crippen LogP contribution in [-0.2, 0) is 0 Å². The Morgan fingerprint density at radius 2 is 2.00 bits per heavy atom. The maximum atomic E-state index is 11.0. The minimum atomic E-state index is -1.05. The van der Waals surface area contributed by atoms with Gasteiger partial charge in [0.2, 0.25) is 0 Å². The lowest BCUT2D eigenvalue weighted by Gasteiger charge is -2.09. The van der Waals surface area contributed by atoms with Gasteiger partial charge in [0.05, 0.1) is 15.7 Å². The molecular weight excluding hydrogens is 275 g/mol. The summed E-state index contributed by atoms with van der Waals surface area (Å²) in [7, 11) is 0. The van der Waals surface area contributed by atoms with Gasteiger partial charge >= 0.3 is 5.97 Å². The van der Waals surface area contributed by atoms with Gasteiger partial charge in [0.25, 0.3) is 0 Å². The van der Waals surface area contributed by atoms with E-state index in [-0.39, 0.29) is 5.56 Å². The van der Waals surface area contributed by atoms with E-state index in [1.54, 1.807) is 24.3 Å². The van der Waals surface area contributed by atoms with Gasteiger partial charge in [0.15, 0.2) is 0 Å². The zero-order valence-electron chi connectivity index (χ0n) is 9.02.